The summed E-state index contributed by atoms with van der Waals surface area (Å²) in [7, 11) is 2.06. The van der Waals surface area contributed by atoms with Gasteiger partial charge in [0.05, 0.1) is 0 Å². The van der Waals surface area contributed by atoms with E-state index in [0.29, 0.717) is 12.0 Å². The first-order valence-electron chi connectivity index (χ1n) is 6.78. The smallest absolute Gasteiger partial charge is 0.123 e. The highest BCUT2D eigenvalue weighted by Crippen LogP contribution is 2.16. The maximum Gasteiger partial charge on any atom is 0.123 e. The molecule has 2 atom stereocenters. The van der Waals surface area contributed by atoms with Crippen LogP contribution in [0.25, 0.3) is 0 Å². The molecular formula is C15H25FN2. The standard InChI is InChI=1S/C15H25FN2/c1-5-12(3)15(17-6-2)11-18(4)14-9-7-13(16)8-10-14/h7-10,12,15,17H,5-6,11H2,1-4H3. The minimum Gasteiger partial charge on any atom is -0.373 e. The number of rotatable bonds is 7. The van der Waals surface area contributed by atoms with Gasteiger partial charge in [-0.05, 0) is 36.7 Å². The van der Waals surface area contributed by atoms with Gasteiger partial charge in [-0.25, -0.2) is 4.39 Å². The van der Waals surface area contributed by atoms with E-state index in [1.54, 1.807) is 0 Å². The predicted molar refractivity (Wildman–Crippen MR) is 76.6 cm³/mol. The van der Waals surface area contributed by atoms with Gasteiger partial charge in [0.1, 0.15) is 5.82 Å². The second kappa shape index (κ2) is 7.37. The van der Waals surface area contributed by atoms with Gasteiger partial charge in [0.2, 0.25) is 0 Å². The van der Waals surface area contributed by atoms with Gasteiger partial charge in [-0.15, -0.1) is 0 Å². The zero-order chi connectivity index (χ0) is 13.5. The van der Waals surface area contributed by atoms with Gasteiger partial charge < -0.3 is 10.2 Å². The van der Waals surface area contributed by atoms with Crippen LogP contribution in [-0.4, -0.2) is 26.2 Å². The average molecular weight is 252 g/mol. The molecule has 0 spiro atoms. The van der Waals surface area contributed by atoms with E-state index in [1.807, 2.05) is 12.1 Å². The fourth-order valence-corrected chi connectivity index (χ4v) is 2.09. The van der Waals surface area contributed by atoms with Gasteiger partial charge in [-0.2, -0.15) is 0 Å². The molecule has 3 heteroatoms. The second-order valence-electron chi connectivity index (χ2n) is 4.91. The summed E-state index contributed by atoms with van der Waals surface area (Å²) in [5.41, 5.74) is 1.06. The van der Waals surface area contributed by atoms with Crippen molar-refractivity contribution in [1.29, 1.82) is 0 Å². The van der Waals surface area contributed by atoms with E-state index < -0.39 is 0 Å². The van der Waals surface area contributed by atoms with Crippen LogP contribution in [0, 0.1) is 11.7 Å². The highest BCUT2D eigenvalue weighted by atomic mass is 19.1. The number of benzene rings is 1. The minimum absolute atomic E-state index is 0.183. The van der Waals surface area contributed by atoms with Gasteiger partial charge in [-0.3, -0.25) is 0 Å². The van der Waals surface area contributed by atoms with Crippen LogP contribution in [0.1, 0.15) is 27.2 Å². The lowest BCUT2D eigenvalue weighted by molar-refractivity contribution is 0.376. The van der Waals surface area contributed by atoms with Crippen LogP contribution in [0.3, 0.4) is 0 Å². The zero-order valence-electron chi connectivity index (χ0n) is 11.9. The van der Waals surface area contributed by atoms with E-state index in [-0.39, 0.29) is 5.82 Å². The third-order valence-corrected chi connectivity index (χ3v) is 3.54. The second-order valence-corrected chi connectivity index (χ2v) is 4.91. The van der Waals surface area contributed by atoms with Crippen molar-refractivity contribution >= 4 is 5.69 Å². The van der Waals surface area contributed by atoms with Crippen LogP contribution in [0.15, 0.2) is 24.3 Å². The van der Waals surface area contributed by atoms with Crippen molar-refractivity contribution in [3.05, 3.63) is 30.1 Å². The molecule has 0 fully saturated rings. The molecule has 0 bridgehead atoms. The van der Waals surface area contributed by atoms with Crippen LogP contribution in [0.2, 0.25) is 0 Å². The van der Waals surface area contributed by atoms with Crippen molar-refractivity contribution in [2.24, 2.45) is 5.92 Å². The highest BCUT2D eigenvalue weighted by Gasteiger charge is 2.16. The lowest BCUT2D eigenvalue weighted by Gasteiger charge is -2.30. The van der Waals surface area contributed by atoms with Gasteiger partial charge in [0, 0.05) is 25.3 Å². The molecule has 0 aliphatic heterocycles. The van der Waals surface area contributed by atoms with Crippen LogP contribution < -0.4 is 10.2 Å². The molecule has 1 aromatic carbocycles. The van der Waals surface area contributed by atoms with E-state index in [1.165, 1.54) is 12.1 Å². The van der Waals surface area contributed by atoms with Gasteiger partial charge in [0.25, 0.3) is 0 Å². The molecule has 0 heterocycles. The summed E-state index contributed by atoms with van der Waals surface area (Å²) >= 11 is 0. The molecule has 0 saturated carbocycles. The first-order valence-corrected chi connectivity index (χ1v) is 6.78. The molecule has 0 radical (unpaired) electrons. The third kappa shape index (κ3) is 4.30. The van der Waals surface area contributed by atoms with Crippen LogP contribution in [0.5, 0.6) is 0 Å². The Hall–Kier alpha value is -1.09. The lowest BCUT2D eigenvalue weighted by atomic mass is 9.98. The number of hydrogen-bond donors (Lipinski definition) is 1. The monoisotopic (exact) mass is 252 g/mol. The summed E-state index contributed by atoms with van der Waals surface area (Å²) in [4.78, 5) is 2.18. The van der Waals surface area contributed by atoms with E-state index in [4.69, 9.17) is 0 Å². The van der Waals surface area contributed by atoms with Gasteiger partial charge in [-0.1, -0.05) is 27.2 Å². The van der Waals surface area contributed by atoms with Crippen molar-refractivity contribution in [2.45, 2.75) is 33.2 Å². The fourth-order valence-electron chi connectivity index (χ4n) is 2.09. The molecule has 0 aliphatic rings. The molecule has 1 aromatic rings. The zero-order valence-corrected chi connectivity index (χ0v) is 11.9. The topological polar surface area (TPSA) is 15.3 Å². The van der Waals surface area contributed by atoms with Crippen molar-refractivity contribution in [1.82, 2.24) is 5.32 Å². The molecule has 0 amide bonds. The number of likely N-dealkylation sites (N-methyl/N-ethyl adjacent to an activating group) is 2. The molecule has 0 saturated heterocycles. The first kappa shape index (κ1) is 15.0. The highest BCUT2D eigenvalue weighted by molar-refractivity contribution is 5.45. The summed E-state index contributed by atoms with van der Waals surface area (Å²) in [6, 6.07) is 7.15. The summed E-state index contributed by atoms with van der Waals surface area (Å²) in [6.07, 6.45) is 1.16. The summed E-state index contributed by atoms with van der Waals surface area (Å²) in [6.45, 7) is 8.53. The lowest BCUT2D eigenvalue weighted by Crippen LogP contribution is -2.43. The van der Waals surface area contributed by atoms with E-state index >= 15 is 0 Å². The largest absolute Gasteiger partial charge is 0.373 e. The quantitative estimate of drug-likeness (QED) is 0.801. The Labute approximate surface area is 110 Å². The summed E-state index contributed by atoms with van der Waals surface area (Å²) < 4.78 is 12.9. The Kier molecular flexibility index (Phi) is 6.13. The predicted octanol–water partition coefficient (Wildman–Crippen LogP) is 3.29. The molecule has 0 aromatic heterocycles. The third-order valence-electron chi connectivity index (χ3n) is 3.54. The van der Waals surface area contributed by atoms with E-state index in [9.17, 15) is 4.39 Å². The van der Waals surface area contributed by atoms with Gasteiger partial charge in [0.15, 0.2) is 0 Å². The van der Waals surface area contributed by atoms with E-state index in [0.717, 1.165) is 25.2 Å². The molecule has 18 heavy (non-hydrogen) atoms. The van der Waals surface area contributed by atoms with Crippen molar-refractivity contribution < 1.29 is 4.39 Å². The van der Waals surface area contributed by atoms with Crippen LogP contribution in [-0.2, 0) is 0 Å². The maximum absolute atomic E-state index is 12.9. The molecule has 2 unspecified atom stereocenters. The van der Waals surface area contributed by atoms with Crippen LogP contribution >= 0.6 is 0 Å². The Morgan fingerprint density at radius 1 is 1.22 bits per heavy atom. The number of hydrogen-bond acceptors (Lipinski definition) is 2. The van der Waals surface area contributed by atoms with E-state index in [2.05, 4.69) is 38.0 Å². The van der Waals surface area contributed by atoms with Crippen LogP contribution in [0.4, 0.5) is 10.1 Å². The number of halogens is 1. The molecule has 1 rings (SSSR count). The summed E-state index contributed by atoms with van der Waals surface area (Å²) in [5, 5.41) is 3.53. The minimum atomic E-state index is -0.183. The Balaban J connectivity index is 2.65. The normalized spacial score (nSPS) is 14.3. The molecular weight excluding hydrogens is 227 g/mol. The van der Waals surface area contributed by atoms with Crippen molar-refractivity contribution in [3.63, 3.8) is 0 Å². The Bertz CT molecular complexity index is 337. The maximum atomic E-state index is 12.9. The van der Waals surface area contributed by atoms with Crippen molar-refractivity contribution in [3.8, 4) is 0 Å². The number of nitrogens with zero attached hydrogens (tertiary/aromatic N) is 1. The number of nitrogens with one attached hydrogen (secondary N) is 1. The molecule has 2 nitrogen and oxygen atoms in total. The fraction of sp³-hybridized carbons (Fsp3) is 0.600. The Morgan fingerprint density at radius 3 is 2.33 bits per heavy atom. The number of anilines is 1. The molecule has 102 valence electrons. The molecule has 1 N–H and O–H groups in total. The SMILES string of the molecule is CCNC(CN(C)c1ccc(F)cc1)C(C)CC. The first-order chi connectivity index (χ1) is 8.58. The van der Waals surface area contributed by atoms with Gasteiger partial charge >= 0.3 is 0 Å². The summed E-state index contributed by atoms with van der Waals surface area (Å²) in [5.74, 6) is 0.449. The average Bonchev–Trinajstić information content (AvgIpc) is 2.38. The van der Waals surface area contributed by atoms with Crippen molar-refractivity contribution in [2.75, 3.05) is 25.0 Å². The Morgan fingerprint density at radius 2 is 1.83 bits per heavy atom. The molecule has 0 aliphatic carbocycles.